The van der Waals surface area contributed by atoms with Crippen molar-refractivity contribution < 1.29 is 4.74 Å². The number of nitrogens with zero attached hydrogens (tertiary/aromatic N) is 4. The number of aromatic nitrogens is 4. The molecule has 0 atom stereocenters. The van der Waals surface area contributed by atoms with E-state index in [-0.39, 0.29) is 0 Å². The van der Waals surface area contributed by atoms with Gasteiger partial charge in [0, 0.05) is 12.0 Å². The summed E-state index contributed by atoms with van der Waals surface area (Å²) in [5.41, 5.74) is 7.25. The van der Waals surface area contributed by atoms with Gasteiger partial charge in [0.1, 0.15) is 5.01 Å². The van der Waals surface area contributed by atoms with Gasteiger partial charge in [-0.15, -0.1) is 10.2 Å². The zero-order valence-electron chi connectivity index (χ0n) is 10.9. The number of methoxy groups -OCH3 is 1. The highest BCUT2D eigenvalue weighted by atomic mass is 35.5. The Morgan fingerprint density at radius 3 is 2.85 bits per heavy atom. The molecule has 0 amide bonds. The van der Waals surface area contributed by atoms with Crippen LogP contribution in [0, 0.1) is 0 Å². The number of fused-ring (bicyclic) bond motifs is 1. The largest absolute Gasteiger partial charge is 0.493 e. The van der Waals surface area contributed by atoms with Crippen molar-refractivity contribution in [2.24, 2.45) is 0 Å². The van der Waals surface area contributed by atoms with Crippen molar-refractivity contribution in [2.45, 2.75) is 13.3 Å². The minimum Gasteiger partial charge on any atom is -0.493 e. The van der Waals surface area contributed by atoms with E-state index in [2.05, 4.69) is 15.3 Å². The van der Waals surface area contributed by atoms with Crippen molar-refractivity contribution in [2.75, 3.05) is 12.8 Å². The Kier molecular flexibility index (Phi) is 3.23. The van der Waals surface area contributed by atoms with Gasteiger partial charge in [0.15, 0.2) is 11.6 Å². The molecule has 0 fully saturated rings. The molecule has 2 N–H and O–H groups in total. The molecule has 104 valence electrons. The Bertz CT molecular complexity index is 758. The van der Waals surface area contributed by atoms with E-state index < -0.39 is 0 Å². The molecular formula is C12H12ClN5OS. The van der Waals surface area contributed by atoms with Crippen molar-refractivity contribution in [3.05, 3.63) is 23.0 Å². The van der Waals surface area contributed by atoms with Crippen LogP contribution in [0.1, 0.15) is 12.7 Å². The van der Waals surface area contributed by atoms with Crippen molar-refractivity contribution in [3.8, 4) is 16.3 Å². The van der Waals surface area contributed by atoms with Gasteiger partial charge in [-0.25, -0.2) is 0 Å². The summed E-state index contributed by atoms with van der Waals surface area (Å²) in [5, 5.41) is 13.9. The normalized spacial score (nSPS) is 11.2. The second-order valence-corrected chi connectivity index (χ2v) is 5.52. The summed E-state index contributed by atoms with van der Waals surface area (Å²) in [6.07, 6.45) is 0.774. The number of ether oxygens (including phenoxy) is 1. The molecule has 0 spiro atoms. The van der Waals surface area contributed by atoms with Gasteiger partial charge in [0.05, 0.1) is 17.8 Å². The number of nitrogens with two attached hydrogens (primary N) is 1. The Morgan fingerprint density at radius 2 is 2.20 bits per heavy atom. The third kappa shape index (κ3) is 1.99. The molecule has 0 saturated carbocycles. The van der Waals surface area contributed by atoms with E-state index in [4.69, 9.17) is 22.1 Å². The fourth-order valence-corrected chi connectivity index (χ4v) is 3.10. The molecule has 0 aliphatic rings. The van der Waals surface area contributed by atoms with Gasteiger partial charge in [0.2, 0.25) is 4.96 Å². The minimum atomic E-state index is 0.462. The van der Waals surface area contributed by atoms with E-state index in [1.165, 1.54) is 18.4 Å². The first-order chi connectivity index (χ1) is 9.63. The molecule has 0 aliphatic carbocycles. The van der Waals surface area contributed by atoms with Crippen LogP contribution in [0.3, 0.4) is 0 Å². The lowest BCUT2D eigenvalue weighted by molar-refractivity contribution is 0.417. The lowest BCUT2D eigenvalue weighted by Gasteiger charge is -2.07. The fourth-order valence-electron chi connectivity index (χ4n) is 1.95. The minimum absolute atomic E-state index is 0.462. The zero-order valence-corrected chi connectivity index (χ0v) is 12.5. The predicted octanol–water partition coefficient (Wildman–Crippen LogP) is 2.66. The second kappa shape index (κ2) is 4.92. The first kappa shape index (κ1) is 13.1. The summed E-state index contributed by atoms with van der Waals surface area (Å²) >= 11 is 7.59. The van der Waals surface area contributed by atoms with Crippen molar-refractivity contribution in [1.82, 2.24) is 19.8 Å². The molecular weight excluding hydrogens is 298 g/mol. The highest BCUT2D eigenvalue weighted by Gasteiger charge is 2.15. The van der Waals surface area contributed by atoms with Gasteiger partial charge >= 0.3 is 0 Å². The van der Waals surface area contributed by atoms with Crippen molar-refractivity contribution in [1.29, 1.82) is 0 Å². The molecule has 0 unspecified atom stereocenters. The summed E-state index contributed by atoms with van der Waals surface area (Å²) in [5.74, 6) is 1.31. The summed E-state index contributed by atoms with van der Waals surface area (Å²) < 4.78 is 6.89. The van der Waals surface area contributed by atoms with Gasteiger partial charge in [-0.05, 0) is 12.1 Å². The van der Waals surface area contributed by atoms with Gasteiger partial charge in [-0.3, -0.25) is 0 Å². The van der Waals surface area contributed by atoms with E-state index in [1.807, 2.05) is 6.92 Å². The van der Waals surface area contributed by atoms with Gasteiger partial charge < -0.3 is 10.5 Å². The van der Waals surface area contributed by atoms with Gasteiger partial charge in [0.25, 0.3) is 0 Å². The number of nitrogen functional groups attached to an aromatic ring is 1. The fraction of sp³-hybridized carbons (Fsp3) is 0.250. The maximum Gasteiger partial charge on any atom is 0.234 e. The lowest BCUT2D eigenvalue weighted by atomic mass is 10.2. The molecule has 0 aliphatic heterocycles. The Morgan fingerprint density at radius 1 is 1.40 bits per heavy atom. The Labute approximate surface area is 124 Å². The monoisotopic (exact) mass is 309 g/mol. The highest BCUT2D eigenvalue weighted by Crippen LogP contribution is 2.37. The average Bonchev–Trinajstić information content (AvgIpc) is 2.97. The van der Waals surface area contributed by atoms with E-state index in [0.717, 1.165) is 27.8 Å². The Hall–Kier alpha value is -1.86. The van der Waals surface area contributed by atoms with Crippen LogP contribution in [0.2, 0.25) is 5.02 Å². The van der Waals surface area contributed by atoms with Crippen LogP contribution in [0.15, 0.2) is 12.1 Å². The molecule has 0 radical (unpaired) electrons. The SMILES string of the molecule is CCc1nnc2sc(-c3cc(N)c(OC)c(Cl)c3)nn12. The molecule has 6 nitrogen and oxygen atoms in total. The lowest BCUT2D eigenvalue weighted by Crippen LogP contribution is -1.95. The zero-order chi connectivity index (χ0) is 14.3. The van der Waals surface area contributed by atoms with Gasteiger partial charge in [-0.2, -0.15) is 9.61 Å². The number of anilines is 1. The second-order valence-electron chi connectivity index (χ2n) is 4.15. The van der Waals surface area contributed by atoms with E-state index in [9.17, 15) is 0 Å². The Balaban J connectivity index is 2.13. The molecule has 20 heavy (non-hydrogen) atoms. The standard InChI is InChI=1S/C12H12ClN5OS/c1-3-9-15-16-12-18(9)17-11(20-12)6-4-7(13)10(19-2)8(14)5-6/h4-5H,3,14H2,1-2H3. The number of aryl methyl sites for hydroxylation is 1. The predicted molar refractivity (Wildman–Crippen MR) is 79.4 cm³/mol. The van der Waals surface area contributed by atoms with Gasteiger partial charge in [-0.1, -0.05) is 29.9 Å². The molecule has 8 heteroatoms. The third-order valence-corrected chi connectivity index (χ3v) is 4.12. The van der Waals surface area contributed by atoms with Crippen LogP contribution in [0.4, 0.5) is 5.69 Å². The maximum atomic E-state index is 6.15. The summed E-state index contributed by atoms with van der Waals surface area (Å²) in [7, 11) is 1.54. The summed E-state index contributed by atoms with van der Waals surface area (Å²) in [4.78, 5) is 0.752. The quantitative estimate of drug-likeness (QED) is 0.752. The van der Waals surface area contributed by atoms with E-state index in [1.54, 1.807) is 16.6 Å². The average molecular weight is 310 g/mol. The number of hydrogen-bond donors (Lipinski definition) is 1. The molecule has 3 rings (SSSR count). The smallest absolute Gasteiger partial charge is 0.234 e. The first-order valence-corrected chi connectivity index (χ1v) is 7.18. The van der Waals surface area contributed by atoms with Crippen LogP contribution in [0.25, 0.3) is 15.5 Å². The summed E-state index contributed by atoms with van der Waals surface area (Å²) in [6, 6.07) is 3.58. The van der Waals surface area contributed by atoms with Crippen LogP contribution in [-0.2, 0) is 6.42 Å². The van der Waals surface area contributed by atoms with E-state index >= 15 is 0 Å². The van der Waals surface area contributed by atoms with Crippen LogP contribution >= 0.6 is 22.9 Å². The number of rotatable bonds is 3. The summed E-state index contributed by atoms with van der Waals surface area (Å²) in [6.45, 7) is 2.01. The number of halogens is 1. The molecule has 1 aromatic carbocycles. The molecule has 0 bridgehead atoms. The number of hydrogen-bond acceptors (Lipinski definition) is 6. The topological polar surface area (TPSA) is 78.3 Å². The number of benzene rings is 1. The van der Waals surface area contributed by atoms with Crippen LogP contribution in [0.5, 0.6) is 5.75 Å². The van der Waals surface area contributed by atoms with Crippen molar-refractivity contribution in [3.63, 3.8) is 0 Å². The molecule has 2 heterocycles. The van der Waals surface area contributed by atoms with Crippen LogP contribution in [-0.4, -0.2) is 26.9 Å². The maximum absolute atomic E-state index is 6.15. The third-order valence-electron chi connectivity index (χ3n) is 2.90. The molecule has 0 saturated heterocycles. The van der Waals surface area contributed by atoms with Crippen molar-refractivity contribution >= 4 is 33.6 Å². The van der Waals surface area contributed by atoms with E-state index in [0.29, 0.717) is 16.5 Å². The molecule has 2 aromatic heterocycles. The highest BCUT2D eigenvalue weighted by molar-refractivity contribution is 7.19. The first-order valence-electron chi connectivity index (χ1n) is 5.98. The molecule has 3 aromatic rings. The van der Waals surface area contributed by atoms with Crippen LogP contribution < -0.4 is 10.5 Å².